The molecule has 1 N–H and O–H groups in total. The molecule has 33 heavy (non-hydrogen) atoms. The highest BCUT2D eigenvalue weighted by Crippen LogP contribution is 2.30. The van der Waals surface area contributed by atoms with Crippen LogP contribution in [0.5, 0.6) is 0 Å². The first-order valence-corrected chi connectivity index (χ1v) is 11.4. The molecule has 0 unspecified atom stereocenters. The SMILES string of the molecule is Cc1nn(-c2ccccc2)c(Cl)c1/C=N\NC(=O)c1cc2c(C)nn(-c3ccccc3)c2s1. The van der Waals surface area contributed by atoms with Gasteiger partial charge in [0.25, 0.3) is 5.91 Å². The number of hydrogen-bond donors (Lipinski definition) is 1. The molecule has 2 aromatic carbocycles. The van der Waals surface area contributed by atoms with Crippen LogP contribution in [0.25, 0.3) is 21.6 Å². The number of rotatable bonds is 5. The molecule has 0 saturated heterocycles. The van der Waals surface area contributed by atoms with Crippen LogP contribution in [0.15, 0.2) is 71.8 Å². The molecule has 7 nitrogen and oxygen atoms in total. The van der Waals surface area contributed by atoms with E-state index in [0.29, 0.717) is 21.3 Å². The van der Waals surface area contributed by atoms with Crippen molar-refractivity contribution in [3.05, 3.63) is 93.7 Å². The van der Waals surface area contributed by atoms with Gasteiger partial charge in [-0.1, -0.05) is 48.0 Å². The first kappa shape index (κ1) is 21.1. The summed E-state index contributed by atoms with van der Waals surface area (Å²) in [4.78, 5) is 14.2. The fourth-order valence-corrected chi connectivity index (χ4v) is 4.91. The zero-order valence-electron chi connectivity index (χ0n) is 17.9. The standard InChI is InChI=1S/C24H19ClN6OS/c1-15-19-13-21(33-24(19)31(29-15)18-11-7-4-8-12-18)23(32)27-26-14-20-16(2)28-30(22(20)25)17-9-5-3-6-10-17/h3-14H,1-2H3,(H,27,32)/b26-14-. The Hall–Kier alpha value is -3.75. The van der Waals surface area contributed by atoms with Crippen LogP contribution in [-0.2, 0) is 0 Å². The highest BCUT2D eigenvalue weighted by atomic mass is 35.5. The molecule has 164 valence electrons. The molecule has 0 bridgehead atoms. The summed E-state index contributed by atoms with van der Waals surface area (Å²) in [7, 11) is 0. The molecule has 5 aromatic rings. The van der Waals surface area contributed by atoms with Crippen LogP contribution >= 0.6 is 22.9 Å². The fourth-order valence-electron chi connectivity index (χ4n) is 3.51. The Morgan fingerprint density at radius 1 is 0.970 bits per heavy atom. The number of halogens is 1. The maximum atomic E-state index is 12.8. The lowest BCUT2D eigenvalue weighted by molar-refractivity contribution is 0.0959. The van der Waals surface area contributed by atoms with Crippen LogP contribution in [0.3, 0.4) is 0 Å². The molecule has 0 aliphatic rings. The molecule has 5 rings (SSSR count). The first-order chi connectivity index (χ1) is 16.0. The molecule has 0 spiro atoms. The quantitative estimate of drug-likeness (QED) is 0.277. The smallest absolute Gasteiger partial charge is 0.266 e. The van der Waals surface area contributed by atoms with Gasteiger partial charge in [0, 0.05) is 5.39 Å². The number of aromatic nitrogens is 4. The number of hydrazone groups is 1. The van der Waals surface area contributed by atoms with Gasteiger partial charge in [-0.25, -0.2) is 14.8 Å². The number of carbonyl (C=O) groups is 1. The van der Waals surface area contributed by atoms with Crippen molar-refractivity contribution >= 4 is 45.3 Å². The summed E-state index contributed by atoms with van der Waals surface area (Å²) in [6.07, 6.45) is 1.52. The van der Waals surface area contributed by atoms with Crippen molar-refractivity contribution in [2.24, 2.45) is 5.10 Å². The number of hydrogen-bond acceptors (Lipinski definition) is 5. The van der Waals surface area contributed by atoms with E-state index in [9.17, 15) is 4.79 Å². The van der Waals surface area contributed by atoms with Crippen LogP contribution in [-0.4, -0.2) is 31.7 Å². The van der Waals surface area contributed by atoms with E-state index in [-0.39, 0.29) is 5.91 Å². The number of benzene rings is 2. The molecule has 0 radical (unpaired) electrons. The maximum Gasteiger partial charge on any atom is 0.281 e. The van der Waals surface area contributed by atoms with E-state index in [1.807, 2.05) is 85.3 Å². The van der Waals surface area contributed by atoms with Crippen molar-refractivity contribution in [2.45, 2.75) is 13.8 Å². The normalized spacial score (nSPS) is 11.5. The minimum Gasteiger partial charge on any atom is -0.266 e. The van der Waals surface area contributed by atoms with E-state index in [1.165, 1.54) is 17.6 Å². The predicted octanol–water partition coefficient (Wildman–Crippen LogP) is 5.31. The third kappa shape index (κ3) is 3.94. The fraction of sp³-hybridized carbons (Fsp3) is 0.0833. The van der Waals surface area contributed by atoms with Gasteiger partial charge in [-0.2, -0.15) is 15.3 Å². The molecular weight excluding hydrogens is 456 g/mol. The second kappa shape index (κ2) is 8.65. The third-order valence-electron chi connectivity index (χ3n) is 5.18. The number of thiophene rings is 1. The van der Waals surface area contributed by atoms with Crippen LogP contribution in [0.2, 0.25) is 5.15 Å². The lowest BCUT2D eigenvalue weighted by Crippen LogP contribution is -2.16. The summed E-state index contributed by atoms with van der Waals surface area (Å²) in [6.45, 7) is 3.78. The van der Waals surface area contributed by atoms with E-state index in [1.54, 1.807) is 4.68 Å². The Morgan fingerprint density at radius 3 is 2.24 bits per heavy atom. The van der Waals surface area contributed by atoms with E-state index >= 15 is 0 Å². The van der Waals surface area contributed by atoms with Crippen LogP contribution in [0, 0.1) is 13.8 Å². The zero-order chi connectivity index (χ0) is 22.9. The number of fused-ring (bicyclic) bond motifs is 1. The number of para-hydroxylation sites is 2. The predicted molar refractivity (Wildman–Crippen MR) is 132 cm³/mol. The van der Waals surface area contributed by atoms with Crippen LogP contribution in [0.1, 0.15) is 26.6 Å². The summed E-state index contributed by atoms with van der Waals surface area (Å²) in [6, 6.07) is 21.3. The van der Waals surface area contributed by atoms with E-state index in [0.717, 1.165) is 27.3 Å². The lowest BCUT2D eigenvalue weighted by atomic mass is 10.3. The van der Waals surface area contributed by atoms with Crippen molar-refractivity contribution in [1.82, 2.24) is 25.0 Å². The van der Waals surface area contributed by atoms with Crippen molar-refractivity contribution < 1.29 is 4.79 Å². The molecule has 1 amide bonds. The Balaban J connectivity index is 1.37. The number of aryl methyl sites for hydroxylation is 2. The number of amides is 1. The topological polar surface area (TPSA) is 77.1 Å². The Morgan fingerprint density at radius 2 is 1.58 bits per heavy atom. The van der Waals surface area contributed by atoms with Gasteiger partial charge >= 0.3 is 0 Å². The summed E-state index contributed by atoms with van der Waals surface area (Å²) in [5, 5.41) is 14.6. The first-order valence-electron chi connectivity index (χ1n) is 10.2. The third-order valence-corrected chi connectivity index (χ3v) is 6.65. The number of nitrogens with zero attached hydrogens (tertiary/aromatic N) is 5. The van der Waals surface area contributed by atoms with Gasteiger partial charge in [-0.3, -0.25) is 4.79 Å². The zero-order valence-corrected chi connectivity index (χ0v) is 19.4. The molecule has 3 aromatic heterocycles. The summed E-state index contributed by atoms with van der Waals surface area (Å²) in [5.74, 6) is -0.296. The van der Waals surface area contributed by atoms with Crippen molar-refractivity contribution in [3.8, 4) is 11.4 Å². The van der Waals surface area contributed by atoms with Gasteiger partial charge in [0.05, 0.1) is 39.4 Å². The van der Waals surface area contributed by atoms with Gasteiger partial charge < -0.3 is 0 Å². The average Bonchev–Trinajstić information content (AvgIpc) is 3.49. The van der Waals surface area contributed by atoms with Gasteiger partial charge in [0.15, 0.2) is 0 Å². The van der Waals surface area contributed by atoms with E-state index < -0.39 is 0 Å². The van der Waals surface area contributed by atoms with E-state index in [2.05, 4.69) is 20.7 Å². The monoisotopic (exact) mass is 474 g/mol. The van der Waals surface area contributed by atoms with Gasteiger partial charge in [-0.15, -0.1) is 11.3 Å². The molecule has 0 fully saturated rings. The summed E-state index contributed by atoms with van der Waals surface area (Å²) in [5.41, 5.74) is 6.61. The molecule has 0 aliphatic heterocycles. The second-order valence-electron chi connectivity index (χ2n) is 7.40. The van der Waals surface area contributed by atoms with Crippen LogP contribution in [0.4, 0.5) is 0 Å². The lowest BCUT2D eigenvalue weighted by Gasteiger charge is -2.02. The van der Waals surface area contributed by atoms with E-state index in [4.69, 9.17) is 11.6 Å². The van der Waals surface area contributed by atoms with Crippen molar-refractivity contribution in [1.29, 1.82) is 0 Å². The minimum atomic E-state index is -0.296. The second-order valence-corrected chi connectivity index (χ2v) is 8.79. The average molecular weight is 475 g/mol. The summed E-state index contributed by atoms with van der Waals surface area (Å²) >= 11 is 7.89. The Labute approximate surface area is 198 Å². The molecule has 3 heterocycles. The van der Waals surface area contributed by atoms with Gasteiger partial charge in [0.2, 0.25) is 0 Å². The van der Waals surface area contributed by atoms with Crippen LogP contribution < -0.4 is 5.43 Å². The summed E-state index contributed by atoms with van der Waals surface area (Å²) < 4.78 is 3.50. The molecule has 0 aliphatic carbocycles. The van der Waals surface area contributed by atoms with Crippen molar-refractivity contribution in [2.75, 3.05) is 0 Å². The molecule has 0 atom stereocenters. The largest absolute Gasteiger partial charge is 0.281 e. The maximum absolute atomic E-state index is 12.8. The highest BCUT2D eigenvalue weighted by Gasteiger charge is 2.17. The molecule has 9 heteroatoms. The Kier molecular flexibility index (Phi) is 5.53. The Bertz CT molecular complexity index is 1480. The van der Waals surface area contributed by atoms with Crippen molar-refractivity contribution in [3.63, 3.8) is 0 Å². The molecule has 0 saturated carbocycles. The number of nitrogens with one attached hydrogen (secondary N) is 1. The highest BCUT2D eigenvalue weighted by molar-refractivity contribution is 7.20. The van der Waals surface area contributed by atoms with Gasteiger partial charge in [-0.05, 0) is 44.2 Å². The number of carbonyl (C=O) groups excluding carboxylic acids is 1. The minimum absolute atomic E-state index is 0.296. The molecular formula is C24H19ClN6OS. The van der Waals surface area contributed by atoms with Gasteiger partial charge in [0.1, 0.15) is 9.98 Å².